The molecule has 6 rings (SSSR count). The summed E-state index contributed by atoms with van der Waals surface area (Å²) in [6, 6.07) is 27.0. The van der Waals surface area contributed by atoms with Gasteiger partial charge in [-0.05, 0) is 73.2 Å². The number of nitrogens with one attached hydrogen (secondary N) is 1. The van der Waals surface area contributed by atoms with Crippen molar-refractivity contribution in [3.8, 4) is 5.75 Å². The summed E-state index contributed by atoms with van der Waals surface area (Å²) in [6.07, 6.45) is 4.21. The van der Waals surface area contributed by atoms with Crippen molar-refractivity contribution in [2.45, 2.75) is 56.4 Å². The number of rotatable bonds is 11. The van der Waals surface area contributed by atoms with Crippen LogP contribution in [0.4, 0.5) is 11.4 Å². The molecule has 0 aromatic heterocycles. The van der Waals surface area contributed by atoms with E-state index in [1.54, 1.807) is 7.11 Å². The van der Waals surface area contributed by atoms with Gasteiger partial charge >= 0.3 is 0 Å². The Balaban J connectivity index is 1.09. The number of hydrogen-bond donors (Lipinski definition) is 2. The second-order valence-electron chi connectivity index (χ2n) is 11.9. The second kappa shape index (κ2) is 13.9. The summed E-state index contributed by atoms with van der Waals surface area (Å²) in [4.78, 5) is 4.90. The predicted octanol–water partition coefficient (Wildman–Crippen LogP) is 4.73. The molecule has 2 fully saturated rings. The number of para-hydroxylation sites is 1. The van der Waals surface area contributed by atoms with E-state index in [4.69, 9.17) is 19.9 Å². The lowest BCUT2D eigenvalue weighted by Crippen LogP contribution is -2.41. The molecule has 2 saturated heterocycles. The van der Waals surface area contributed by atoms with Crippen LogP contribution in [0.3, 0.4) is 0 Å². The van der Waals surface area contributed by atoms with Gasteiger partial charge in [0.2, 0.25) is 0 Å². The first-order chi connectivity index (χ1) is 20.7. The van der Waals surface area contributed by atoms with Crippen molar-refractivity contribution in [3.63, 3.8) is 0 Å². The van der Waals surface area contributed by atoms with Crippen molar-refractivity contribution >= 4 is 11.4 Å². The van der Waals surface area contributed by atoms with E-state index >= 15 is 0 Å². The minimum absolute atomic E-state index is 0.131. The average molecular weight is 571 g/mol. The molecule has 224 valence electrons. The molecule has 4 atom stereocenters. The van der Waals surface area contributed by atoms with E-state index in [0.717, 1.165) is 77.4 Å². The molecule has 0 saturated carbocycles. The molecule has 3 heterocycles. The summed E-state index contributed by atoms with van der Waals surface area (Å²) in [6.45, 7) is 6.86. The molecule has 3 aliphatic heterocycles. The molecule has 3 N–H and O–H groups in total. The van der Waals surface area contributed by atoms with Crippen LogP contribution in [-0.4, -0.2) is 71.2 Å². The van der Waals surface area contributed by atoms with Crippen LogP contribution in [0.1, 0.15) is 41.9 Å². The van der Waals surface area contributed by atoms with Crippen LogP contribution < -0.4 is 25.6 Å². The highest BCUT2D eigenvalue weighted by Crippen LogP contribution is 2.34. The first-order valence-corrected chi connectivity index (χ1v) is 15.7. The minimum atomic E-state index is 0.131. The fraction of sp³-hybridized carbons (Fsp3) is 0.486. The highest BCUT2D eigenvalue weighted by atomic mass is 16.5. The Morgan fingerprint density at radius 2 is 1.81 bits per heavy atom. The number of anilines is 2. The Morgan fingerprint density at radius 3 is 2.64 bits per heavy atom. The fourth-order valence-corrected chi connectivity index (χ4v) is 6.85. The highest BCUT2D eigenvalue weighted by Gasteiger charge is 2.32. The molecular weight excluding hydrogens is 524 g/mol. The summed E-state index contributed by atoms with van der Waals surface area (Å²) in [5.41, 5.74) is 12.9. The van der Waals surface area contributed by atoms with Gasteiger partial charge in [-0.2, -0.15) is 0 Å². The zero-order valence-corrected chi connectivity index (χ0v) is 24.9. The van der Waals surface area contributed by atoms with Crippen LogP contribution in [0.15, 0.2) is 72.8 Å². The quantitative estimate of drug-likeness (QED) is 0.323. The van der Waals surface area contributed by atoms with Gasteiger partial charge in [-0.1, -0.05) is 48.5 Å². The van der Waals surface area contributed by atoms with Gasteiger partial charge in [0.25, 0.3) is 0 Å². The summed E-state index contributed by atoms with van der Waals surface area (Å²) in [5, 5.41) is 3.56. The van der Waals surface area contributed by atoms with E-state index in [-0.39, 0.29) is 12.1 Å². The number of methoxy groups -OCH3 is 1. The molecule has 3 unspecified atom stereocenters. The van der Waals surface area contributed by atoms with Gasteiger partial charge in [-0.15, -0.1) is 0 Å². The number of nitrogens with zero attached hydrogens (tertiary/aromatic N) is 2. The van der Waals surface area contributed by atoms with Crippen molar-refractivity contribution in [2.24, 2.45) is 5.73 Å². The topological polar surface area (TPSA) is 72.2 Å². The number of hydrogen-bond acceptors (Lipinski definition) is 7. The predicted molar refractivity (Wildman–Crippen MR) is 170 cm³/mol. The number of nitrogens with two attached hydrogens (primary N) is 1. The Morgan fingerprint density at radius 1 is 0.976 bits per heavy atom. The largest absolute Gasteiger partial charge is 0.490 e. The molecule has 42 heavy (non-hydrogen) atoms. The van der Waals surface area contributed by atoms with E-state index in [9.17, 15) is 0 Å². The van der Waals surface area contributed by atoms with Crippen LogP contribution in [0.25, 0.3) is 0 Å². The maximum atomic E-state index is 6.61. The lowest BCUT2D eigenvalue weighted by atomic mass is 9.86. The third kappa shape index (κ3) is 6.76. The maximum absolute atomic E-state index is 6.61. The molecular formula is C35H46N4O3. The van der Waals surface area contributed by atoms with Gasteiger partial charge in [0.05, 0.1) is 24.9 Å². The van der Waals surface area contributed by atoms with Crippen LogP contribution in [0, 0.1) is 0 Å². The van der Waals surface area contributed by atoms with E-state index in [1.807, 2.05) is 0 Å². The Hall–Kier alpha value is -3.10. The van der Waals surface area contributed by atoms with Gasteiger partial charge < -0.3 is 35.1 Å². The van der Waals surface area contributed by atoms with Crippen molar-refractivity contribution in [1.29, 1.82) is 0 Å². The number of ether oxygens (including phenoxy) is 3. The van der Waals surface area contributed by atoms with Crippen LogP contribution in [0.2, 0.25) is 0 Å². The monoisotopic (exact) mass is 570 g/mol. The number of fused-ring (bicyclic) bond motifs is 1. The molecule has 0 bridgehead atoms. The van der Waals surface area contributed by atoms with Crippen molar-refractivity contribution in [3.05, 3.63) is 89.5 Å². The first kappa shape index (κ1) is 29.0. The molecule has 0 radical (unpaired) electrons. The van der Waals surface area contributed by atoms with E-state index in [1.165, 1.54) is 28.1 Å². The van der Waals surface area contributed by atoms with Gasteiger partial charge in [0.15, 0.2) is 0 Å². The fourth-order valence-electron chi connectivity index (χ4n) is 6.85. The van der Waals surface area contributed by atoms with Crippen LogP contribution >= 0.6 is 0 Å². The summed E-state index contributed by atoms with van der Waals surface area (Å²) >= 11 is 0. The molecule has 3 aromatic carbocycles. The second-order valence-corrected chi connectivity index (χ2v) is 11.9. The third-order valence-electron chi connectivity index (χ3n) is 9.19. The summed E-state index contributed by atoms with van der Waals surface area (Å²) in [7, 11) is 1.76. The van der Waals surface area contributed by atoms with E-state index < -0.39 is 0 Å². The first-order valence-electron chi connectivity index (χ1n) is 15.7. The Labute approximate surface area is 250 Å². The van der Waals surface area contributed by atoms with Crippen LogP contribution in [0.5, 0.6) is 5.75 Å². The normalized spacial score (nSPS) is 24.0. The molecule has 0 aliphatic carbocycles. The van der Waals surface area contributed by atoms with Gasteiger partial charge in [-0.3, -0.25) is 0 Å². The molecule has 3 aliphatic rings. The van der Waals surface area contributed by atoms with Crippen molar-refractivity contribution in [1.82, 2.24) is 5.32 Å². The van der Waals surface area contributed by atoms with E-state index in [2.05, 4.69) is 87.9 Å². The zero-order valence-electron chi connectivity index (χ0n) is 24.9. The molecule has 7 heteroatoms. The van der Waals surface area contributed by atoms with Crippen molar-refractivity contribution < 1.29 is 14.2 Å². The zero-order chi connectivity index (χ0) is 28.7. The summed E-state index contributed by atoms with van der Waals surface area (Å²) < 4.78 is 17.8. The third-order valence-corrected chi connectivity index (χ3v) is 9.19. The van der Waals surface area contributed by atoms with Crippen LogP contribution in [-0.2, 0) is 22.5 Å². The maximum Gasteiger partial charge on any atom is 0.142 e. The lowest BCUT2D eigenvalue weighted by Gasteiger charge is -2.33. The van der Waals surface area contributed by atoms with Gasteiger partial charge in [0, 0.05) is 57.0 Å². The molecule has 0 amide bonds. The Kier molecular flexibility index (Phi) is 9.61. The average Bonchev–Trinajstić information content (AvgIpc) is 3.40. The molecule has 7 nitrogen and oxygen atoms in total. The number of piperidine rings is 1. The highest BCUT2D eigenvalue weighted by molar-refractivity contribution is 5.61. The van der Waals surface area contributed by atoms with Gasteiger partial charge in [-0.25, -0.2) is 0 Å². The summed E-state index contributed by atoms with van der Waals surface area (Å²) in [5.74, 6) is 1.34. The van der Waals surface area contributed by atoms with E-state index in [0.29, 0.717) is 18.6 Å². The smallest absolute Gasteiger partial charge is 0.142 e. The SMILES string of the molecule is COCCCN1CCOc2ccc(COC3CNCCC3c3ccc(CC4[C@@H](N)CCN4c4ccccc4)cc3)cc21. The molecule has 3 aromatic rings. The standard InChI is InChI=1S/C35H46N4O3/c1-40-20-5-17-38-19-21-41-34-13-10-27(23-33(34)38)25-42-35-24-37-16-14-30(35)28-11-8-26(9-12-28)22-32-31(36)15-18-39(32)29-6-3-2-4-7-29/h2-4,6-13,23,30-32,35,37H,5,14-22,24-25,36H2,1H3/t30?,31-,32?,35?/m0/s1. The minimum Gasteiger partial charge on any atom is -0.490 e. The lowest BCUT2D eigenvalue weighted by molar-refractivity contribution is 0.0106. The van der Waals surface area contributed by atoms with Gasteiger partial charge in [0.1, 0.15) is 12.4 Å². The molecule has 0 spiro atoms. The van der Waals surface area contributed by atoms with Crippen molar-refractivity contribution in [2.75, 3.05) is 62.8 Å². The Bertz CT molecular complexity index is 1270. The number of benzene rings is 3.